The van der Waals surface area contributed by atoms with Gasteiger partial charge in [0.1, 0.15) is 5.52 Å². The summed E-state index contributed by atoms with van der Waals surface area (Å²) in [6, 6.07) is 4.44. The van der Waals surface area contributed by atoms with Gasteiger partial charge in [-0.1, -0.05) is 6.07 Å². The second-order valence-corrected chi connectivity index (χ2v) is 4.42. The molecule has 0 radical (unpaired) electrons. The molecular formula is C12H14FN3O. The third-order valence-corrected chi connectivity index (χ3v) is 3.27. The van der Waals surface area contributed by atoms with Crippen molar-refractivity contribution in [2.24, 2.45) is 11.7 Å². The number of oxazole rings is 1. The number of nitrogens with two attached hydrogens (primary N) is 1. The lowest BCUT2D eigenvalue weighted by Gasteiger charge is -2.13. The van der Waals surface area contributed by atoms with Crippen LogP contribution in [0.25, 0.3) is 11.1 Å². The fourth-order valence-corrected chi connectivity index (χ4v) is 2.26. The van der Waals surface area contributed by atoms with E-state index in [1.165, 1.54) is 6.07 Å². The van der Waals surface area contributed by atoms with Gasteiger partial charge in [-0.3, -0.25) is 0 Å². The molecule has 3 N–H and O–H groups in total. The van der Waals surface area contributed by atoms with E-state index in [0.717, 1.165) is 19.5 Å². The fourth-order valence-electron chi connectivity index (χ4n) is 2.26. The van der Waals surface area contributed by atoms with Gasteiger partial charge in [-0.25, -0.2) is 9.37 Å². The Morgan fingerprint density at radius 3 is 3.12 bits per heavy atom. The van der Waals surface area contributed by atoms with Crippen molar-refractivity contribution < 1.29 is 8.81 Å². The smallest absolute Gasteiger partial charge is 0.212 e. The number of nitrogens with one attached hydrogen (secondary N) is 1. The number of fused-ring (bicyclic) bond motifs is 1. The van der Waals surface area contributed by atoms with Crippen LogP contribution in [0.4, 0.5) is 4.39 Å². The molecule has 0 bridgehead atoms. The standard InChI is InChI=1S/C12H14FN3O/c13-8-2-1-3-9-11(8)17-12(16-9)10(14)7-4-5-15-6-7/h1-3,7,10,15H,4-6,14H2/t7-,10?/m1/s1. The number of hydrogen-bond donors (Lipinski definition) is 2. The summed E-state index contributed by atoms with van der Waals surface area (Å²) in [6.07, 6.45) is 1.00. The monoisotopic (exact) mass is 235 g/mol. The van der Waals surface area contributed by atoms with Crippen molar-refractivity contribution in [3.05, 3.63) is 29.9 Å². The van der Waals surface area contributed by atoms with Crippen molar-refractivity contribution in [3.8, 4) is 0 Å². The first kappa shape index (κ1) is 10.7. The maximum atomic E-state index is 13.5. The number of hydrogen-bond acceptors (Lipinski definition) is 4. The molecule has 90 valence electrons. The third kappa shape index (κ3) is 1.81. The predicted octanol–water partition coefficient (Wildman–Crippen LogP) is 1.58. The second kappa shape index (κ2) is 4.09. The van der Waals surface area contributed by atoms with Crippen LogP contribution in [0.3, 0.4) is 0 Å². The maximum absolute atomic E-state index is 13.5. The van der Waals surface area contributed by atoms with Crippen molar-refractivity contribution in [2.75, 3.05) is 13.1 Å². The highest BCUT2D eigenvalue weighted by Gasteiger charge is 2.27. The van der Waals surface area contributed by atoms with Crippen LogP contribution in [0.5, 0.6) is 0 Å². The van der Waals surface area contributed by atoms with Crippen LogP contribution in [-0.2, 0) is 0 Å². The molecule has 1 unspecified atom stereocenters. The van der Waals surface area contributed by atoms with Gasteiger partial charge in [-0.2, -0.15) is 0 Å². The van der Waals surface area contributed by atoms with E-state index in [4.69, 9.17) is 10.2 Å². The minimum atomic E-state index is -0.391. The van der Waals surface area contributed by atoms with Crippen molar-refractivity contribution >= 4 is 11.1 Å². The predicted molar refractivity (Wildman–Crippen MR) is 61.9 cm³/mol. The van der Waals surface area contributed by atoms with Gasteiger partial charge in [0.05, 0.1) is 6.04 Å². The summed E-state index contributed by atoms with van der Waals surface area (Å²) in [5, 5.41) is 3.24. The van der Waals surface area contributed by atoms with Gasteiger partial charge >= 0.3 is 0 Å². The molecule has 2 aromatic rings. The highest BCUT2D eigenvalue weighted by molar-refractivity contribution is 5.73. The fraction of sp³-hybridized carbons (Fsp3) is 0.417. The van der Waals surface area contributed by atoms with Crippen molar-refractivity contribution in [1.82, 2.24) is 10.3 Å². The molecule has 1 aliphatic heterocycles. The molecule has 5 heteroatoms. The summed E-state index contributed by atoms with van der Waals surface area (Å²) in [7, 11) is 0. The van der Waals surface area contributed by atoms with Crippen LogP contribution < -0.4 is 11.1 Å². The molecule has 1 saturated heterocycles. The molecule has 2 heterocycles. The summed E-state index contributed by atoms with van der Waals surface area (Å²) in [6.45, 7) is 1.83. The van der Waals surface area contributed by atoms with E-state index in [0.29, 0.717) is 17.3 Å². The van der Waals surface area contributed by atoms with Crippen LogP contribution in [-0.4, -0.2) is 18.1 Å². The molecule has 1 aromatic heterocycles. The summed E-state index contributed by atoms with van der Waals surface area (Å²) in [5.41, 5.74) is 6.82. The zero-order valence-electron chi connectivity index (χ0n) is 9.32. The molecule has 4 nitrogen and oxygen atoms in total. The Morgan fingerprint density at radius 2 is 2.41 bits per heavy atom. The molecule has 0 amide bonds. The van der Waals surface area contributed by atoms with E-state index in [-0.39, 0.29) is 11.6 Å². The molecule has 0 spiro atoms. The number of para-hydroxylation sites is 1. The summed E-state index contributed by atoms with van der Waals surface area (Å²) in [4.78, 5) is 4.26. The van der Waals surface area contributed by atoms with Gasteiger partial charge < -0.3 is 15.5 Å². The zero-order chi connectivity index (χ0) is 11.8. The Bertz CT molecular complexity index is 534. The van der Waals surface area contributed by atoms with Crippen LogP contribution in [0.15, 0.2) is 22.6 Å². The molecule has 0 aliphatic carbocycles. The summed E-state index contributed by atoms with van der Waals surface area (Å²) >= 11 is 0. The molecule has 1 aromatic carbocycles. The van der Waals surface area contributed by atoms with Crippen LogP contribution in [0.1, 0.15) is 18.4 Å². The number of nitrogens with zero attached hydrogens (tertiary/aromatic N) is 1. The summed E-state index contributed by atoms with van der Waals surface area (Å²) in [5.74, 6) is 0.350. The highest BCUT2D eigenvalue weighted by Crippen LogP contribution is 2.27. The van der Waals surface area contributed by atoms with E-state index in [1.54, 1.807) is 12.1 Å². The zero-order valence-corrected chi connectivity index (χ0v) is 9.32. The van der Waals surface area contributed by atoms with Crippen molar-refractivity contribution in [3.63, 3.8) is 0 Å². The lowest BCUT2D eigenvalue weighted by molar-refractivity contribution is 0.378. The van der Waals surface area contributed by atoms with Crippen LogP contribution >= 0.6 is 0 Å². The van der Waals surface area contributed by atoms with E-state index in [1.807, 2.05) is 0 Å². The normalized spacial score (nSPS) is 22.1. The minimum absolute atomic E-state index is 0.198. The minimum Gasteiger partial charge on any atom is -0.436 e. The first-order chi connectivity index (χ1) is 8.25. The van der Waals surface area contributed by atoms with Gasteiger partial charge in [0.15, 0.2) is 11.4 Å². The molecule has 2 atom stereocenters. The first-order valence-corrected chi connectivity index (χ1v) is 5.77. The van der Waals surface area contributed by atoms with Gasteiger partial charge in [0, 0.05) is 0 Å². The SMILES string of the molecule is NC(c1nc2cccc(F)c2o1)[C@@H]1CCNC1. The Balaban J connectivity index is 1.97. The van der Waals surface area contributed by atoms with Crippen molar-refractivity contribution in [2.45, 2.75) is 12.5 Å². The molecule has 17 heavy (non-hydrogen) atoms. The lowest BCUT2D eigenvalue weighted by atomic mass is 10.00. The van der Waals surface area contributed by atoms with E-state index in [9.17, 15) is 4.39 Å². The Labute approximate surface area is 98.0 Å². The van der Waals surface area contributed by atoms with Gasteiger partial charge in [0.2, 0.25) is 5.89 Å². The van der Waals surface area contributed by atoms with Crippen LogP contribution in [0.2, 0.25) is 0 Å². The van der Waals surface area contributed by atoms with Gasteiger partial charge in [-0.15, -0.1) is 0 Å². The van der Waals surface area contributed by atoms with Crippen LogP contribution in [0, 0.1) is 11.7 Å². The maximum Gasteiger partial charge on any atom is 0.212 e. The molecule has 1 fully saturated rings. The van der Waals surface area contributed by atoms with Crippen molar-refractivity contribution in [1.29, 1.82) is 0 Å². The van der Waals surface area contributed by atoms with Gasteiger partial charge in [-0.05, 0) is 37.6 Å². The number of aromatic nitrogens is 1. The first-order valence-electron chi connectivity index (χ1n) is 5.77. The second-order valence-electron chi connectivity index (χ2n) is 4.42. The average molecular weight is 235 g/mol. The molecule has 0 saturated carbocycles. The third-order valence-electron chi connectivity index (χ3n) is 3.27. The Morgan fingerprint density at radius 1 is 1.53 bits per heavy atom. The van der Waals surface area contributed by atoms with E-state index >= 15 is 0 Å². The Kier molecular flexibility index (Phi) is 2.57. The molecule has 3 rings (SSSR count). The average Bonchev–Trinajstić information content (AvgIpc) is 2.98. The van der Waals surface area contributed by atoms with Gasteiger partial charge in [0.25, 0.3) is 0 Å². The molecular weight excluding hydrogens is 221 g/mol. The summed E-state index contributed by atoms with van der Waals surface area (Å²) < 4.78 is 18.9. The number of halogens is 1. The lowest BCUT2D eigenvalue weighted by Crippen LogP contribution is -2.23. The quantitative estimate of drug-likeness (QED) is 0.829. The largest absolute Gasteiger partial charge is 0.436 e. The Hall–Kier alpha value is -1.46. The number of rotatable bonds is 2. The van der Waals surface area contributed by atoms with E-state index < -0.39 is 5.82 Å². The molecule has 1 aliphatic rings. The van der Waals surface area contributed by atoms with E-state index in [2.05, 4.69) is 10.3 Å². The topological polar surface area (TPSA) is 64.1 Å². The number of benzene rings is 1. The highest BCUT2D eigenvalue weighted by atomic mass is 19.1.